The zero-order chi connectivity index (χ0) is 8.43. The Bertz CT molecular complexity index is 254. The molecule has 0 radical (unpaired) electrons. The van der Waals surface area contributed by atoms with Crippen molar-refractivity contribution in [2.24, 2.45) is 0 Å². The Balaban J connectivity index is 3.05. The van der Waals surface area contributed by atoms with E-state index < -0.39 is 11.6 Å². The first-order valence-electron chi connectivity index (χ1n) is 3.56. The lowest BCUT2D eigenvalue weighted by molar-refractivity contribution is 0.506. The lowest BCUT2D eigenvalue weighted by Gasteiger charge is -2.04. The van der Waals surface area contributed by atoms with Crippen molar-refractivity contribution >= 4 is 0 Å². The van der Waals surface area contributed by atoms with Gasteiger partial charge in [0.15, 0.2) is 11.6 Å². The summed E-state index contributed by atoms with van der Waals surface area (Å²) in [7, 11) is 0. The zero-order valence-electron chi connectivity index (χ0n) is 6.57. The summed E-state index contributed by atoms with van der Waals surface area (Å²) in [6.45, 7) is 3.87. The van der Waals surface area contributed by atoms with Crippen LogP contribution in [0.3, 0.4) is 0 Å². The van der Waals surface area contributed by atoms with Gasteiger partial charge in [-0.25, -0.2) is 8.78 Å². The fourth-order valence-electron chi connectivity index (χ4n) is 0.871. The van der Waals surface area contributed by atoms with Crippen molar-refractivity contribution in [3.63, 3.8) is 0 Å². The van der Waals surface area contributed by atoms with Gasteiger partial charge in [-0.1, -0.05) is 19.9 Å². The summed E-state index contributed by atoms with van der Waals surface area (Å²) >= 11 is 0. The van der Waals surface area contributed by atoms with Crippen LogP contribution in [0.1, 0.15) is 25.3 Å². The van der Waals surface area contributed by atoms with Crippen LogP contribution in [0.15, 0.2) is 18.2 Å². The van der Waals surface area contributed by atoms with Crippen molar-refractivity contribution in [3.05, 3.63) is 35.4 Å². The van der Waals surface area contributed by atoms with Gasteiger partial charge in [-0.05, 0) is 23.6 Å². The molecular weight excluding hydrogens is 146 g/mol. The van der Waals surface area contributed by atoms with E-state index in [1.54, 1.807) is 6.07 Å². The van der Waals surface area contributed by atoms with Crippen LogP contribution in [0.5, 0.6) is 0 Å². The largest absolute Gasteiger partial charge is 0.204 e. The highest BCUT2D eigenvalue weighted by molar-refractivity contribution is 5.20. The molecule has 0 saturated carbocycles. The molecular formula is C9H10F2. The molecule has 0 aliphatic rings. The average Bonchev–Trinajstić information content (AvgIpc) is 1.94. The maximum Gasteiger partial charge on any atom is 0.159 e. The third-order valence-corrected chi connectivity index (χ3v) is 1.61. The van der Waals surface area contributed by atoms with Crippen molar-refractivity contribution in [1.29, 1.82) is 0 Å². The van der Waals surface area contributed by atoms with Gasteiger partial charge in [0.1, 0.15) is 0 Å². The summed E-state index contributed by atoms with van der Waals surface area (Å²) in [5.74, 6) is -1.31. The lowest BCUT2D eigenvalue weighted by atomic mass is 10.0. The molecule has 1 aromatic rings. The molecule has 0 aliphatic heterocycles. The van der Waals surface area contributed by atoms with Crippen LogP contribution >= 0.6 is 0 Å². The summed E-state index contributed by atoms with van der Waals surface area (Å²) in [5, 5.41) is 0. The molecule has 0 fully saturated rings. The minimum Gasteiger partial charge on any atom is -0.204 e. The van der Waals surface area contributed by atoms with E-state index >= 15 is 0 Å². The van der Waals surface area contributed by atoms with Crippen LogP contribution in [-0.2, 0) is 0 Å². The fourth-order valence-corrected chi connectivity index (χ4v) is 0.871. The van der Waals surface area contributed by atoms with Crippen LogP contribution in [0.25, 0.3) is 0 Å². The Morgan fingerprint density at radius 3 is 2.18 bits per heavy atom. The van der Waals surface area contributed by atoms with Gasteiger partial charge < -0.3 is 0 Å². The predicted molar refractivity (Wildman–Crippen MR) is 40.4 cm³/mol. The maximum atomic E-state index is 12.6. The second-order valence-electron chi connectivity index (χ2n) is 2.83. The van der Waals surface area contributed by atoms with Crippen molar-refractivity contribution in [1.82, 2.24) is 0 Å². The summed E-state index contributed by atoms with van der Waals surface area (Å²) in [5.41, 5.74) is 0.823. The lowest BCUT2D eigenvalue weighted by Crippen LogP contribution is -1.90. The van der Waals surface area contributed by atoms with Gasteiger partial charge in [-0.15, -0.1) is 0 Å². The van der Waals surface area contributed by atoms with Crippen LogP contribution in [0.4, 0.5) is 8.78 Å². The highest BCUT2D eigenvalue weighted by atomic mass is 19.2. The molecule has 1 rings (SSSR count). The second kappa shape index (κ2) is 2.99. The minimum absolute atomic E-state index is 0.241. The molecule has 0 unspecified atom stereocenters. The Morgan fingerprint density at radius 2 is 1.73 bits per heavy atom. The van der Waals surface area contributed by atoms with E-state index in [2.05, 4.69) is 0 Å². The van der Waals surface area contributed by atoms with E-state index in [1.807, 2.05) is 13.8 Å². The third kappa shape index (κ3) is 1.76. The zero-order valence-corrected chi connectivity index (χ0v) is 6.57. The van der Waals surface area contributed by atoms with Crippen molar-refractivity contribution in [2.75, 3.05) is 0 Å². The van der Waals surface area contributed by atoms with Crippen LogP contribution in [0, 0.1) is 11.6 Å². The Hall–Kier alpha value is -0.920. The molecule has 0 N–H and O–H groups in total. The number of halogens is 2. The molecule has 60 valence electrons. The quantitative estimate of drug-likeness (QED) is 0.586. The molecule has 0 spiro atoms. The topological polar surface area (TPSA) is 0 Å². The third-order valence-electron chi connectivity index (χ3n) is 1.61. The van der Waals surface area contributed by atoms with Gasteiger partial charge in [0.05, 0.1) is 0 Å². The smallest absolute Gasteiger partial charge is 0.159 e. The molecule has 0 saturated heterocycles. The average molecular weight is 156 g/mol. The van der Waals surface area contributed by atoms with E-state index in [-0.39, 0.29) is 5.92 Å². The minimum atomic E-state index is -0.783. The second-order valence-corrected chi connectivity index (χ2v) is 2.83. The SMILES string of the molecule is CC(C)c1ccc(F)c(F)c1. The first-order chi connectivity index (χ1) is 5.11. The van der Waals surface area contributed by atoms with Crippen LogP contribution < -0.4 is 0 Å². The molecule has 0 amide bonds. The summed E-state index contributed by atoms with van der Waals surface area (Å²) < 4.78 is 25.0. The van der Waals surface area contributed by atoms with Crippen molar-refractivity contribution < 1.29 is 8.78 Å². The first-order valence-corrected chi connectivity index (χ1v) is 3.56. The molecule has 0 atom stereocenters. The molecule has 0 aromatic heterocycles. The van der Waals surface area contributed by atoms with E-state index in [4.69, 9.17) is 0 Å². The number of rotatable bonds is 1. The summed E-state index contributed by atoms with van der Waals surface area (Å²) in [4.78, 5) is 0. The van der Waals surface area contributed by atoms with Gasteiger partial charge in [0.2, 0.25) is 0 Å². The van der Waals surface area contributed by atoms with E-state index in [1.165, 1.54) is 6.07 Å². The van der Waals surface area contributed by atoms with Gasteiger partial charge in [0, 0.05) is 0 Å². The predicted octanol–water partition coefficient (Wildman–Crippen LogP) is 3.09. The molecule has 2 heteroatoms. The highest BCUT2D eigenvalue weighted by Gasteiger charge is 2.04. The molecule has 1 aromatic carbocycles. The van der Waals surface area contributed by atoms with E-state index in [9.17, 15) is 8.78 Å². The number of benzene rings is 1. The standard InChI is InChI=1S/C9H10F2/c1-6(2)7-3-4-8(10)9(11)5-7/h3-6H,1-2H3. The number of hydrogen-bond donors (Lipinski definition) is 0. The Kier molecular flexibility index (Phi) is 2.22. The van der Waals surface area contributed by atoms with E-state index in [0.717, 1.165) is 11.6 Å². The maximum absolute atomic E-state index is 12.6. The molecule has 0 heterocycles. The highest BCUT2D eigenvalue weighted by Crippen LogP contribution is 2.16. The van der Waals surface area contributed by atoms with Gasteiger partial charge in [0.25, 0.3) is 0 Å². The molecule has 0 bridgehead atoms. The van der Waals surface area contributed by atoms with Gasteiger partial charge in [-0.2, -0.15) is 0 Å². The normalized spacial score (nSPS) is 10.6. The molecule has 0 nitrogen and oxygen atoms in total. The monoisotopic (exact) mass is 156 g/mol. The summed E-state index contributed by atoms with van der Waals surface area (Å²) in [6.07, 6.45) is 0. The van der Waals surface area contributed by atoms with E-state index in [0.29, 0.717) is 0 Å². The van der Waals surface area contributed by atoms with Crippen molar-refractivity contribution in [3.8, 4) is 0 Å². The Labute approximate surface area is 64.9 Å². The fraction of sp³-hybridized carbons (Fsp3) is 0.333. The van der Waals surface area contributed by atoms with Gasteiger partial charge in [-0.3, -0.25) is 0 Å². The van der Waals surface area contributed by atoms with Crippen LogP contribution in [0.2, 0.25) is 0 Å². The summed E-state index contributed by atoms with van der Waals surface area (Å²) in [6, 6.07) is 3.99. The Morgan fingerprint density at radius 1 is 1.09 bits per heavy atom. The molecule has 0 aliphatic carbocycles. The first kappa shape index (κ1) is 8.18. The molecule has 11 heavy (non-hydrogen) atoms. The van der Waals surface area contributed by atoms with Gasteiger partial charge >= 0.3 is 0 Å². The van der Waals surface area contributed by atoms with Crippen molar-refractivity contribution in [2.45, 2.75) is 19.8 Å². The van der Waals surface area contributed by atoms with Crippen LogP contribution in [-0.4, -0.2) is 0 Å². The number of hydrogen-bond acceptors (Lipinski definition) is 0.